The lowest BCUT2D eigenvalue weighted by Gasteiger charge is -2.01. The highest BCUT2D eigenvalue weighted by Crippen LogP contribution is 2.26. The quantitative estimate of drug-likeness (QED) is 0.413. The second-order valence-corrected chi connectivity index (χ2v) is 3.86. The Morgan fingerprint density at radius 1 is 1.30 bits per heavy atom. The molecule has 20 heavy (non-hydrogen) atoms. The molecule has 3 rings (SSSR count). The SMILES string of the molecule is COc1cccc2cn(-c3nccnc3N=[N+]=[N-])nc12. The first-order valence-electron chi connectivity index (χ1n) is 5.72. The molecule has 0 saturated carbocycles. The fourth-order valence-electron chi connectivity index (χ4n) is 1.89. The summed E-state index contributed by atoms with van der Waals surface area (Å²) in [5, 5.41) is 8.80. The molecule has 8 heteroatoms. The van der Waals surface area contributed by atoms with Gasteiger partial charge in [-0.1, -0.05) is 12.1 Å². The minimum absolute atomic E-state index is 0.168. The van der Waals surface area contributed by atoms with Crippen molar-refractivity contribution in [3.05, 3.63) is 47.2 Å². The highest BCUT2D eigenvalue weighted by atomic mass is 16.5. The third-order valence-electron chi connectivity index (χ3n) is 2.74. The van der Waals surface area contributed by atoms with Crippen LogP contribution in [0.3, 0.4) is 0 Å². The third-order valence-corrected chi connectivity index (χ3v) is 2.74. The van der Waals surface area contributed by atoms with Gasteiger partial charge in [0, 0.05) is 28.9 Å². The predicted octanol–water partition coefficient (Wildman–Crippen LogP) is 2.77. The molecule has 0 atom stereocenters. The molecule has 0 N–H and O–H groups in total. The Morgan fingerprint density at radius 3 is 2.95 bits per heavy atom. The summed E-state index contributed by atoms with van der Waals surface area (Å²) in [5.74, 6) is 1.20. The molecule has 0 radical (unpaired) electrons. The molecule has 0 amide bonds. The van der Waals surface area contributed by atoms with Crippen LogP contribution in [0.15, 0.2) is 41.9 Å². The van der Waals surface area contributed by atoms with Crippen molar-refractivity contribution in [3.8, 4) is 11.6 Å². The van der Waals surface area contributed by atoms with Crippen LogP contribution in [0.4, 0.5) is 5.82 Å². The van der Waals surface area contributed by atoms with E-state index in [-0.39, 0.29) is 5.82 Å². The van der Waals surface area contributed by atoms with Crippen LogP contribution < -0.4 is 4.74 Å². The van der Waals surface area contributed by atoms with Gasteiger partial charge in [-0.05, 0) is 16.7 Å². The van der Waals surface area contributed by atoms with Crippen molar-refractivity contribution in [1.29, 1.82) is 0 Å². The maximum absolute atomic E-state index is 8.55. The van der Waals surface area contributed by atoms with E-state index in [0.29, 0.717) is 17.1 Å². The maximum atomic E-state index is 8.55. The first-order chi connectivity index (χ1) is 9.83. The van der Waals surface area contributed by atoms with E-state index in [2.05, 4.69) is 25.1 Å². The summed E-state index contributed by atoms with van der Waals surface area (Å²) in [4.78, 5) is 10.9. The van der Waals surface area contributed by atoms with Crippen LogP contribution in [0.5, 0.6) is 5.75 Å². The van der Waals surface area contributed by atoms with Gasteiger partial charge in [0.2, 0.25) is 0 Å². The van der Waals surface area contributed by atoms with E-state index in [1.807, 2.05) is 18.2 Å². The van der Waals surface area contributed by atoms with E-state index in [1.165, 1.54) is 17.1 Å². The molecule has 0 saturated heterocycles. The van der Waals surface area contributed by atoms with Crippen LogP contribution in [0.2, 0.25) is 0 Å². The van der Waals surface area contributed by atoms with E-state index in [9.17, 15) is 0 Å². The average Bonchev–Trinajstić information content (AvgIpc) is 2.92. The van der Waals surface area contributed by atoms with Gasteiger partial charge in [-0.3, -0.25) is 0 Å². The van der Waals surface area contributed by atoms with Gasteiger partial charge in [0.05, 0.1) is 7.11 Å². The molecule has 98 valence electrons. The molecule has 2 heterocycles. The molecule has 0 aliphatic heterocycles. The average molecular weight is 267 g/mol. The molecule has 0 fully saturated rings. The number of benzene rings is 1. The second kappa shape index (κ2) is 4.87. The number of rotatable bonds is 3. The van der Waals surface area contributed by atoms with Crippen molar-refractivity contribution >= 4 is 16.7 Å². The Labute approximate surface area is 113 Å². The lowest BCUT2D eigenvalue weighted by atomic mass is 10.2. The number of methoxy groups -OCH3 is 1. The molecule has 2 aromatic heterocycles. The number of hydrogen-bond acceptors (Lipinski definition) is 5. The standard InChI is InChI=1S/C12H9N7O/c1-20-9-4-2-3-8-7-19(17-10(8)9)12-11(16-18-13)14-5-6-15-12/h2-7H,1H3. The summed E-state index contributed by atoms with van der Waals surface area (Å²) in [7, 11) is 1.58. The fourth-order valence-corrected chi connectivity index (χ4v) is 1.89. The maximum Gasteiger partial charge on any atom is 0.181 e. The van der Waals surface area contributed by atoms with E-state index < -0.39 is 0 Å². The Morgan fingerprint density at radius 2 is 2.15 bits per heavy atom. The number of aromatic nitrogens is 4. The summed E-state index contributed by atoms with van der Waals surface area (Å²) in [5.41, 5.74) is 9.26. The van der Waals surface area contributed by atoms with Crippen molar-refractivity contribution in [3.63, 3.8) is 0 Å². The smallest absolute Gasteiger partial charge is 0.181 e. The fraction of sp³-hybridized carbons (Fsp3) is 0.0833. The number of azide groups is 1. The Hall–Kier alpha value is -3.12. The van der Waals surface area contributed by atoms with Crippen LogP contribution in [-0.2, 0) is 0 Å². The topological polar surface area (TPSA) is 102 Å². The first-order valence-corrected chi connectivity index (χ1v) is 5.72. The minimum Gasteiger partial charge on any atom is -0.494 e. The lowest BCUT2D eigenvalue weighted by Crippen LogP contribution is -1.99. The lowest BCUT2D eigenvalue weighted by molar-refractivity contribution is 0.418. The van der Waals surface area contributed by atoms with Gasteiger partial charge in [0.1, 0.15) is 11.3 Å². The van der Waals surface area contributed by atoms with E-state index in [4.69, 9.17) is 10.3 Å². The molecular formula is C12H9N7O. The van der Waals surface area contributed by atoms with Crippen LogP contribution in [0, 0.1) is 0 Å². The highest BCUT2D eigenvalue weighted by molar-refractivity contribution is 5.84. The van der Waals surface area contributed by atoms with Crippen LogP contribution in [0.1, 0.15) is 0 Å². The van der Waals surface area contributed by atoms with Gasteiger partial charge in [0.25, 0.3) is 0 Å². The zero-order chi connectivity index (χ0) is 13.9. The highest BCUT2D eigenvalue weighted by Gasteiger charge is 2.11. The van der Waals surface area contributed by atoms with Gasteiger partial charge >= 0.3 is 0 Å². The minimum atomic E-state index is 0.168. The molecule has 0 unspecified atom stereocenters. The predicted molar refractivity (Wildman–Crippen MR) is 72.0 cm³/mol. The summed E-state index contributed by atoms with van der Waals surface area (Å²) in [6.07, 6.45) is 4.74. The summed E-state index contributed by atoms with van der Waals surface area (Å²) < 4.78 is 6.78. The molecule has 1 aromatic carbocycles. The molecule has 0 aliphatic carbocycles. The van der Waals surface area contributed by atoms with Crippen molar-refractivity contribution in [2.45, 2.75) is 0 Å². The second-order valence-electron chi connectivity index (χ2n) is 3.86. The molecular weight excluding hydrogens is 258 g/mol. The van der Waals surface area contributed by atoms with E-state index in [1.54, 1.807) is 13.3 Å². The van der Waals surface area contributed by atoms with Crippen molar-refractivity contribution in [1.82, 2.24) is 19.7 Å². The zero-order valence-corrected chi connectivity index (χ0v) is 10.5. The van der Waals surface area contributed by atoms with Crippen molar-refractivity contribution in [2.24, 2.45) is 5.11 Å². The number of hydrogen-bond donors (Lipinski definition) is 0. The van der Waals surface area contributed by atoms with Crippen molar-refractivity contribution in [2.75, 3.05) is 7.11 Å². The summed E-state index contributed by atoms with van der Waals surface area (Å²) in [6, 6.07) is 5.61. The van der Waals surface area contributed by atoms with Gasteiger partial charge < -0.3 is 4.74 Å². The number of ether oxygens (including phenoxy) is 1. The number of nitrogens with zero attached hydrogens (tertiary/aromatic N) is 7. The van der Waals surface area contributed by atoms with E-state index in [0.717, 1.165) is 5.39 Å². The van der Waals surface area contributed by atoms with Gasteiger partial charge in [0.15, 0.2) is 11.6 Å². The Bertz CT molecular complexity index is 820. The number of fused-ring (bicyclic) bond motifs is 1. The molecule has 0 bridgehead atoms. The van der Waals surface area contributed by atoms with E-state index >= 15 is 0 Å². The normalized spacial score (nSPS) is 10.2. The molecule has 0 spiro atoms. The van der Waals surface area contributed by atoms with Crippen LogP contribution >= 0.6 is 0 Å². The van der Waals surface area contributed by atoms with Gasteiger partial charge in [-0.15, -0.1) is 0 Å². The molecule has 3 aromatic rings. The van der Waals surface area contributed by atoms with Crippen LogP contribution in [-0.4, -0.2) is 26.9 Å². The first kappa shape index (κ1) is 11.9. The van der Waals surface area contributed by atoms with Crippen molar-refractivity contribution < 1.29 is 4.74 Å². The Balaban J connectivity index is 2.23. The summed E-state index contributed by atoms with van der Waals surface area (Å²) >= 11 is 0. The largest absolute Gasteiger partial charge is 0.494 e. The van der Waals surface area contributed by atoms with Crippen LogP contribution in [0.25, 0.3) is 27.2 Å². The Kier molecular flexibility index (Phi) is 2.91. The molecule has 8 nitrogen and oxygen atoms in total. The third kappa shape index (κ3) is 1.90. The monoisotopic (exact) mass is 267 g/mol. The molecule has 0 aliphatic rings. The zero-order valence-electron chi connectivity index (χ0n) is 10.5. The van der Waals surface area contributed by atoms with Gasteiger partial charge in [-0.25, -0.2) is 14.6 Å². The van der Waals surface area contributed by atoms with Gasteiger partial charge in [-0.2, -0.15) is 5.10 Å². The summed E-state index contributed by atoms with van der Waals surface area (Å²) in [6.45, 7) is 0.